The summed E-state index contributed by atoms with van der Waals surface area (Å²) in [6.45, 7) is 2.68. The molecule has 0 bridgehead atoms. The molecule has 6 heteroatoms. The zero-order valence-corrected chi connectivity index (χ0v) is 17.1. The van der Waals surface area contributed by atoms with Crippen LogP contribution in [0.3, 0.4) is 0 Å². The normalized spacial score (nSPS) is 13.0. The van der Waals surface area contributed by atoms with E-state index in [9.17, 15) is 0 Å². The van der Waals surface area contributed by atoms with E-state index in [0.29, 0.717) is 13.2 Å². The number of nitrogens with one attached hydrogen (secondary N) is 1. The number of hydrogen-bond donors (Lipinski definition) is 1. The van der Waals surface area contributed by atoms with Gasteiger partial charge in [0, 0.05) is 24.2 Å². The smallest absolute Gasteiger partial charge is 0.132 e. The molecule has 4 rings (SSSR count). The van der Waals surface area contributed by atoms with Crippen LogP contribution >= 0.6 is 24.0 Å². The zero-order valence-electron chi connectivity index (χ0n) is 15.6. The third kappa shape index (κ3) is 4.25. The molecule has 0 spiro atoms. The number of methoxy groups -OCH3 is 1. The highest BCUT2D eigenvalue weighted by Crippen LogP contribution is 2.33. The molecule has 0 atom stereocenters. The fourth-order valence-electron chi connectivity index (χ4n) is 3.26. The third-order valence-electron chi connectivity index (χ3n) is 4.60. The van der Waals surface area contributed by atoms with Gasteiger partial charge in [-0.05, 0) is 40.6 Å². The minimum Gasteiger partial charge on any atom is -0.490 e. The van der Waals surface area contributed by atoms with Crippen molar-refractivity contribution in [3.05, 3.63) is 65.2 Å². The Morgan fingerprint density at radius 2 is 1.86 bits per heavy atom. The highest BCUT2D eigenvalue weighted by molar-refractivity contribution is 6.33. The summed E-state index contributed by atoms with van der Waals surface area (Å²) in [5, 5.41) is 6.32. The molecule has 0 fully saturated rings. The molecule has 0 saturated carbocycles. The Morgan fingerprint density at radius 1 is 1.00 bits per heavy atom. The molecule has 4 nitrogen and oxygen atoms in total. The van der Waals surface area contributed by atoms with Crippen LogP contribution in [0.15, 0.2) is 59.6 Å². The Morgan fingerprint density at radius 3 is 2.61 bits per heavy atom. The Labute approximate surface area is 175 Å². The van der Waals surface area contributed by atoms with E-state index >= 15 is 0 Å². The lowest BCUT2D eigenvalue weighted by molar-refractivity contribution is 0.146. The average Bonchev–Trinajstić information content (AvgIpc) is 3.22. The molecule has 0 unspecified atom stereocenters. The first-order chi connectivity index (χ1) is 13.3. The minimum atomic E-state index is 0. The predicted molar refractivity (Wildman–Crippen MR) is 118 cm³/mol. The third-order valence-corrected chi connectivity index (χ3v) is 4.93. The number of ether oxygens (including phenoxy) is 2. The number of aliphatic imine (C=N–C) groups is 1. The maximum atomic E-state index is 6.38. The highest BCUT2D eigenvalue weighted by atomic mass is 35.5. The second kappa shape index (κ2) is 9.28. The largest absolute Gasteiger partial charge is 0.490 e. The number of hydrogen-bond acceptors (Lipinski definition) is 4. The SMILES string of the molecule is COCCOc1cc2ccc(-c3ccccc3Cl)cc2cc1C1=NCCN1.Cl. The van der Waals surface area contributed by atoms with Gasteiger partial charge in [-0.15, -0.1) is 12.4 Å². The lowest BCUT2D eigenvalue weighted by atomic mass is 9.99. The molecule has 3 aromatic carbocycles. The molecule has 28 heavy (non-hydrogen) atoms. The zero-order chi connectivity index (χ0) is 18.6. The van der Waals surface area contributed by atoms with E-state index in [1.165, 1.54) is 0 Å². The van der Waals surface area contributed by atoms with Gasteiger partial charge < -0.3 is 14.8 Å². The number of rotatable bonds is 6. The van der Waals surface area contributed by atoms with Gasteiger partial charge >= 0.3 is 0 Å². The van der Waals surface area contributed by atoms with Gasteiger partial charge in [0.2, 0.25) is 0 Å². The molecular formula is C22H22Cl2N2O2. The quantitative estimate of drug-likeness (QED) is 0.577. The lowest BCUT2D eigenvalue weighted by Crippen LogP contribution is -2.20. The minimum absolute atomic E-state index is 0. The molecule has 0 saturated heterocycles. The molecule has 1 N–H and O–H groups in total. The van der Waals surface area contributed by atoms with E-state index in [4.69, 9.17) is 21.1 Å². The van der Waals surface area contributed by atoms with Crippen molar-refractivity contribution in [2.24, 2.45) is 4.99 Å². The van der Waals surface area contributed by atoms with Crippen LogP contribution in [0, 0.1) is 0 Å². The number of benzene rings is 3. The molecule has 1 heterocycles. The fourth-order valence-corrected chi connectivity index (χ4v) is 3.50. The van der Waals surface area contributed by atoms with Crippen molar-refractivity contribution in [1.29, 1.82) is 0 Å². The average molecular weight is 417 g/mol. The second-order valence-corrected chi connectivity index (χ2v) is 6.80. The topological polar surface area (TPSA) is 42.9 Å². The summed E-state index contributed by atoms with van der Waals surface area (Å²) in [6, 6.07) is 18.5. The van der Waals surface area contributed by atoms with Gasteiger partial charge in [-0.1, -0.05) is 41.9 Å². The van der Waals surface area contributed by atoms with Crippen LogP contribution in [0.2, 0.25) is 5.02 Å². The number of amidine groups is 1. The predicted octanol–water partition coefficient (Wildman–Crippen LogP) is 4.96. The summed E-state index contributed by atoms with van der Waals surface area (Å²) < 4.78 is 11.1. The van der Waals surface area contributed by atoms with Crippen molar-refractivity contribution in [3.63, 3.8) is 0 Å². The van der Waals surface area contributed by atoms with Crippen molar-refractivity contribution >= 4 is 40.6 Å². The summed E-state index contributed by atoms with van der Waals surface area (Å²) >= 11 is 6.38. The first kappa shape index (κ1) is 20.5. The number of halogens is 2. The molecule has 0 aliphatic carbocycles. The van der Waals surface area contributed by atoms with Crippen LogP contribution in [0.25, 0.3) is 21.9 Å². The van der Waals surface area contributed by atoms with Crippen LogP contribution in [-0.4, -0.2) is 39.2 Å². The van der Waals surface area contributed by atoms with E-state index < -0.39 is 0 Å². The van der Waals surface area contributed by atoms with Crippen LogP contribution in [0.4, 0.5) is 0 Å². The van der Waals surface area contributed by atoms with E-state index in [0.717, 1.165) is 57.2 Å². The summed E-state index contributed by atoms with van der Waals surface area (Å²) in [5.74, 6) is 1.70. The van der Waals surface area contributed by atoms with Gasteiger partial charge in [-0.2, -0.15) is 0 Å². The highest BCUT2D eigenvalue weighted by Gasteiger charge is 2.16. The van der Waals surface area contributed by atoms with Gasteiger partial charge in [-0.25, -0.2) is 0 Å². The van der Waals surface area contributed by atoms with E-state index in [2.05, 4.69) is 40.6 Å². The first-order valence-electron chi connectivity index (χ1n) is 8.99. The Kier molecular flexibility index (Phi) is 6.79. The van der Waals surface area contributed by atoms with Crippen molar-refractivity contribution in [2.45, 2.75) is 0 Å². The Hall–Kier alpha value is -2.27. The van der Waals surface area contributed by atoms with Crippen LogP contribution in [0.1, 0.15) is 5.56 Å². The summed E-state index contributed by atoms with van der Waals surface area (Å²) in [6.07, 6.45) is 0. The van der Waals surface area contributed by atoms with E-state index in [1.54, 1.807) is 7.11 Å². The van der Waals surface area contributed by atoms with Crippen molar-refractivity contribution in [2.75, 3.05) is 33.4 Å². The van der Waals surface area contributed by atoms with Crippen molar-refractivity contribution in [1.82, 2.24) is 5.32 Å². The van der Waals surface area contributed by atoms with Crippen LogP contribution in [-0.2, 0) is 4.74 Å². The first-order valence-corrected chi connectivity index (χ1v) is 9.37. The number of nitrogens with zero attached hydrogens (tertiary/aromatic N) is 1. The fraction of sp³-hybridized carbons (Fsp3) is 0.227. The van der Waals surface area contributed by atoms with Gasteiger partial charge in [0.1, 0.15) is 18.2 Å². The standard InChI is InChI=1S/C22H21ClN2O2.ClH/c1-26-10-11-27-21-14-15-6-7-16(18-4-2-3-5-20(18)23)12-17(15)13-19(21)22-24-8-9-25-22;/h2-7,12-14H,8-11H2,1H3,(H,24,25);1H. The molecule has 0 aromatic heterocycles. The van der Waals surface area contributed by atoms with Gasteiger partial charge in [0.05, 0.1) is 18.7 Å². The molecule has 1 aliphatic heterocycles. The molecule has 0 amide bonds. The molecule has 3 aromatic rings. The molecular weight excluding hydrogens is 395 g/mol. The Bertz CT molecular complexity index is 1000. The van der Waals surface area contributed by atoms with Crippen molar-refractivity contribution < 1.29 is 9.47 Å². The molecule has 1 aliphatic rings. The van der Waals surface area contributed by atoms with E-state index in [1.807, 2.05) is 24.3 Å². The van der Waals surface area contributed by atoms with Crippen LogP contribution in [0.5, 0.6) is 5.75 Å². The second-order valence-electron chi connectivity index (χ2n) is 6.39. The summed E-state index contributed by atoms with van der Waals surface area (Å²) in [4.78, 5) is 4.57. The van der Waals surface area contributed by atoms with Gasteiger partial charge in [0.25, 0.3) is 0 Å². The molecule has 0 radical (unpaired) electrons. The monoisotopic (exact) mass is 416 g/mol. The molecule has 146 valence electrons. The summed E-state index contributed by atoms with van der Waals surface area (Å²) in [7, 11) is 1.67. The van der Waals surface area contributed by atoms with Gasteiger partial charge in [-0.3, -0.25) is 4.99 Å². The van der Waals surface area contributed by atoms with E-state index in [-0.39, 0.29) is 12.4 Å². The lowest BCUT2D eigenvalue weighted by Gasteiger charge is -2.14. The van der Waals surface area contributed by atoms with Gasteiger partial charge in [0.15, 0.2) is 0 Å². The summed E-state index contributed by atoms with van der Waals surface area (Å²) in [5.41, 5.74) is 3.10. The Balaban J connectivity index is 0.00000225. The maximum absolute atomic E-state index is 6.38. The number of fused-ring (bicyclic) bond motifs is 1. The van der Waals surface area contributed by atoms with Crippen LogP contribution < -0.4 is 10.1 Å². The maximum Gasteiger partial charge on any atom is 0.132 e. The van der Waals surface area contributed by atoms with Crippen molar-refractivity contribution in [3.8, 4) is 16.9 Å².